The third kappa shape index (κ3) is 2.53. The van der Waals surface area contributed by atoms with Gasteiger partial charge in [-0.2, -0.15) is 8.42 Å². The minimum Gasteiger partial charge on any atom is -0.462 e. The summed E-state index contributed by atoms with van der Waals surface area (Å²) in [5.41, 5.74) is 2.80. The maximum Gasteiger partial charge on any atom is 0.339 e. The van der Waals surface area contributed by atoms with Crippen molar-refractivity contribution in [3.05, 3.63) is 46.8 Å². The number of hydrogen-bond donors (Lipinski definition) is 3. The largest absolute Gasteiger partial charge is 0.462 e. The van der Waals surface area contributed by atoms with E-state index in [4.69, 9.17) is 4.74 Å². The van der Waals surface area contributed by atoms with Crippen molar-refractivity contribution in [3.8, 4) is 0 Å². The molecule has 0 aliphatic carbocycles. The molecule has 0 fully saturated rings. The Morgan fingerprint density at radius 1 is 1.20 bits per heavy atom. The zero-order valence-electron chi connectivity index (χ0n) is 12.7. The highest BCUT2D eigenvalue weighted by Crippen LogP contribution is 2.35. The van der Waals surface area contributed by atoms with E-state index >= 15 is 0 Å². The van der Waals surface area contributed by atoms with Crippen LogP contribution >= 0.6 is 0 Å². The van der Waals surface area contributed by atoms with Gasteiger partial charge in [-0.05, 0) is 29.8 Å². The van der Waals surface area contributed by atoms with Crippen molar-refractivity contribution < 1.29 is 27.3 Å². The fourth-order valence-corrected chi connectivity index (χ4v) is 3.50. The van der Waals surface area contributed by atoms with E-state index in [9.17, 15) is 22.6 Å². The van der Waals surface area contributed by atoms with E-state index in [1.54, 1.807) is 6.08 Å². The van der Waals surface area contributed by atoms with E-state index in [-0.39, 0.29) is 17.1 Å². The smallest absolute Gasteiger partial charge is 0.339 e. The van der Waals surface area contributed by atoms with Crippen LogP contribution in [0, 0.1) is 0 Å². The number of amides is 1. The number of nitrogens with one attached hydrogen (secondary N) is 2. The summed E-state index contributed by atoms with van der Waals surface area (Å²) in [5, 5.41) is 2.64. The van der Waals surface area contributed by atoms with Gasteiger partial charge < -0.3 is 15.0 Å². The average molecular weight is 360 g/mol. The van der Waals surface area contributed by atoms with E-state index in [2.05, 4.69) is 10.3 Å². The minimum atomic E-state index is -4.38. The standard InChI is InChI=1S/C16H12N2O6S/c19-15-11(6-14-9-3-4-24-16(20)12(9)7-17-14)10-5-8(25(21,22)23)1-2-13(10)18-15/h1-2,5-7,17H,3-4H2,(H,18,19)(H,21,22,23)/b11-6-. The van der Waals surface area contributed by atoms with Gasteiger partial charge in [-0.1, -0.05) is 0 Å². The van der Waals surface area contributed by atoms with Crippen LogP contribution in [0.15, 0.2) is 29.3 Å². The molecular weight excluding hydrogens is 348 g/mol. The monoisotopic (exact) mass is 360 g/mol. The van der Waals surface area contributed by atoms with Crippen LogP contribution in [0.3, 0.4) is 0 Å². The second-order valence-corrected chi connectivity index (χ2v) is 7.10. The lowest BCUT2D eigenvalue weighted by Crippen LogP contribution is -2.16. The van der Waals surface area contributed by atoms with Crippen molar-refractivity contribution in [2.45, 2.75) is 11.3 Å². The molecule has 25 heavy (non-hydrogen) atoms. The molecule has 3 N–H and O–H groups in total. The van der Waals surface area contributed by atoms with Gasteiger partial charge in [0.1, 0.15) is 0 Å². The zero-order chi connectivity index (χ0) is 17.8. The Labute approximate surface area is 142 Å². The highest BCUT2D eigenvalue weighted by atomic mass is 32.2. The van der Waals surface area contributed by atoms with Crippen LogP contribution in [-0.2, 0) is 26.1 Å². The lowest BCUT2D eigenvalue weighted by Gasteiger charge is -2.12. The third-order valence-corrected chi connectivity index (χ3v) is 5.04. The molecule has 1 aromatic heterocycles. The maximum atomic E-state index is 12.3. The van der Waals surface area contributed by atoms with E-state index in [0.29, 0.717) is 28.9 Å². The number of benzene rings is 1. The molecule has 2 aliphatic rings. The quantitative estimate of drug-likeness (QED) is 0.423. The van der Waals surface area contributed by atoms with Gasteiger partial charge in [0.2, 0.25) is 0 Å². The SMILES string of the molecule is O=C1Nc2ccc(S(=O)(=O)O)cc2/C1=C/c1[nH]cc2c1CCOC2=O. The molecule has 8 nitrogen and oxygen atoms in total. The first kappa shape index (κ1) is 15.6. The van der Waals surface area contributed by atoms with E-state index < -0.39 is 22.0 Å². The number of carbonyl (C=O) groups is 2. The van der Waals surface area contributed by atoms with Crippen molar-refractivity contribution in [1.29, 1.82) is 0 Å². The molecule has 0 unspecified atom stereocenters. The van der Waals surface area contributed by atoms with Crippen LogP contribution in [0.25, 0.3) is 11.6 Å². The second kappa shape index (κ2) is 5.30. The van der Waals surface area contributed by atoms with Crippen molar-refractivity contribution in [1.82, 2.24) is 4.98 Å². The molecular formula is C16H12N2O6S. The molecule has 0 bridgehead atoms. The Hall–Kier alpha value is -2.91. The van der Waals surface area contributed by atoms with Gasteiger partial charge in [0, 0.05) is 29.6 Å². The number of H-pyrrole nitrogens is 1. The summed E-state index contributed by atoms with van der Waals surface area (Å²) in [6, 6.07) is 3.86. The molecule has 0 spiro atoms. The number of cyclic esters (lactones) is 1. The normalized spacial score (nSPS) is 17.9. The van der Waals surface area contributed by atoms with Crippen molar-refractivity contribution >= 4 is 39.3 Å². The van der Waals surface area contributed by atoms with Crippen molar-refractivity contribution in [2.24, 2.45) is 0 Å². The predicted octanol–water partition coefficient (Wildman–Crippen LogP) is 1.47. The number of ether oxygens (including phenoxy) is 1. The number of esters is 1. The summed E-state index contributed by atoms with van der Waals surface area (Å²) in [7, 11) is -4.38. The van der Waals surface area contributed by atoms with Gasteiger partial charge in [0.15, 0.2) is 0 Å². The van der Waals surface area contributed by atoms with Gasteiger partial charge in [-0.15, -0.1) is 0 Å². The molecule has 2 aromatic rings. The molecule has 1 amide bonds. The second-order valence-electron chi connectivity index (χ2n) is 5.68. The average Bonchev–Trinajstić information content (AvgIpc) is 3.09. The first-order valence-electron chi connectivity index (χ1n) is 7.37. The zero-order valence-corrected chi connectivity index (χ0v) is 13.5. The number of rotatable bonds is 2. The summed E-state index contributed by atoms with van der Waals surface area (Å²) < 4.78 is 36.8. The van der Waals surface area contributed by atoms with Crippen LogP contribution in [0.2, 0.25) is 0 Å². The summed E-state index contributed by atoms with van der Waals surface area (Å²) in [6.07, 6.45) is 3.60. The topological polar surface area (TPSA) is 126 Å². The summed E-state index contributed by atoms with van der Waals surface area (Å²) in [5.74, 6) is -0.823. The highest BCUT2D eigenvalue weighted by Gasteiger charge is 2.28. The first-order chi connectivity index (χ1) is 11.8. The highest BCUT2D eigenvalue weighted by molar-refractivity contribution is 7.85. The molecule has 4 rings (SSSR count). The van der Waals surface area contributed by atoms with Crippen LogP contribution < -0.4 is 5.32 Å². The number of aromatic nitrogens is 1. The van der Waals surface area contributed by atoms with E-state index in [1.807, 2.05) is 0 Å². The Balaban J connectivity index is 1.84. The van der Waals surface area contributed by atoms with Gasteiger partial charge in [0.25, 0.3) is 16.0 Å². The number of aromatic amines is 1. The first-order valence-corrected chi connectivity index (χ1v) is 8.81. The van der Waals surface area contributed by atoms with Crippen LogP contribution in [0.1, 0.15) is 27.2 Å². The summed E-state index contributed by atoms with van der Waals surface area (Å²) in [4.78, 5) is 26.6. The van der Waals surface area contributed by atoms with Crippen molar-refractivity contribution in [2.75, 3.05) is 11.9 Å². The predicted molar refractivity (Wildman–Crippen MR) is 87.5 cm³/mol. The molecule has 0 radical (unpaired) electrons. The maximum absolute atomic E-state index is 12.3. The molecule has 1 aromatic carbocycles. The van der Waals surface area contributed by atoms with Crippen LogP contribution in [0.4, 0.5) is 5.69 Å². The number of carbonyl (C=O) groups excluding carboxylic acids is 2. The number of hydrogen-bond acceptors (Lipinski definition) is 5. The fraction of sp³-hybridized carbons (Fsp3) is 0.125. The Kier molecular flexibility index (Phi) is 3.31. The number of fused-ring (bicyclic) bond motifs is 2. The molecule has 0 saturated heterocycles. The number of anilines is 1. The van der Waals surface area contributed by atoms with Crippen molar-refractivity contribution in [3.63, 3.8) is 0 Å². The van der Waals surface area contributed by atoms with Gasteiger partial charge in [0.05, 0.1) is 22.6 Å². The molecule has 0 saturated carbocycles. The molecule has 9 heteroatoms. The van der Waals surface area contributed by atoms with E-state index in [0.717, 1.165) is 5.56 Å². The molecule has 2 aliphatic heterocycles. The van der Waals surface area contributed by atoms with Gasteiger partial charge in [-0.3, -0.25) is 9.35 Å². The summed E-state index contributed by atoms with van der Waals surface area (Å²) in [6.45, 7) is 0.259. The molecule has 3 heterocycles. The fourth-order valence-electron chi connectivity index (χ4n) is 2.99. The van der Waals surface area contributed by atoms with Gasteiger partial charge >= 0.3 is 5.97 Å². The molecule has 128 valence electrons. The van der Waals surface area contributed by atoms with Crippen LogP contribution in [0.5, 0.6) is 0 Å². The third-order valence-electron chi connectivity index (χ3n) is 4.19. The van der Waals surface area contributed by atoms with E-state index in [1.165, 1.54) is 24.4 Å². The Morgan fingerprint density at radius 2 is 2.00 bits per heavy atom. The lowest BCUT2D eigenvalue weighted by atomic mass is 10.0. The molecule has 0 atom stereocenters. The minimum absolute atomic E-state index is 0.240. The Bertz CT molecular complexity index is 1060. The summed E-state index contributed by atoms with van der Waals surface area (Å²) >= 11 is 0. The Morgan fingerprint density at radius 3 is 2.76 bits per heavy atom. The lowest BCUT2D eigenvalue weighted by molar-refractivity contribution is -0.110. The van der Waals surface area contributed by atoms with Gasteiger partial charge in [-0.25, -0.2) is 4.79 Å². The van der Waals surface area contributed by atoms with Crippen LogP contribution in [-0.4, -0.2) is 36.4 Å².